The van der Waals surface area contributed by atoms with Gasteiger partial charge in [-0.2, -0.15) is 0 Å². The summed E-state index contributed by atoms with van der Waals surface area (Å²) >= 11 is -0.826. The fourth-order valence-electron chi connectivity index (χ4n) is 5.11. The number of rotatable bonds is 4. The maximum absolute atomic E-state index is 4.93. The summed E-state index contributed by atoms with van der Waals surface area (Å²) in [4.78, 5) is 0. The van der Waals surface area contributed by atoms with Gasteiger partial charge in [-0.3, -0.25) is 0 Å². The van der Waals surface area contributed by atoms with E-state index in [9.17, 15) is 0 Å². The monoisotopic (exact) mass is 588 g/mol. The third-order valence-electron chi connectivity index (χ3n) is 7.76. The molecule has 0 N–H and O–H groups in total. The molecule has 2 aliphatic rings. The Morgan fingerprint density at radius 1 is 0.448 bits per heavy atom. The van der Waals surface area contributed by atoms with Crippen molar-refractivity contribution in [1.29, 1.82) is 0 Å². The van der Waals surface area contributed by atoms with E-state index in [1.54, 1.807) is 38.5 Å². The van der Waals surface area contributed by atoms with Crippen LogP contribution in [0.2, 0.25) is 101 Å². The van der Waals surface area contributed by atoms with Crippen molar-refractivity contribution in [2.24, 2.45) is 0 Å². The normalized spacial score (nSPS) is 28.2. The first-order valence-corrected chi connectivity index (χ1v) is 32.4. The second kappa shape index (κ2) is 12.7. The minimum absolute atomic E-state index is 0.823. The van der Waals surface area contributed by atoms with Gasteiger partial charge in [-0.15, -0.1) is 0 Å². The zero-order chi connectivity index (χ0) is 23.3. The Bertz CT molecular complexity index is 379. The van der Waals surface area contributed by atoms with Crippen LogP contribution in [0.3, 0.4) is 0 Å². The molecule has 7 heteroatoms. The molecule has 0 nitrogen and oxygen atoms in total. The molecule has 0 saturated heterocycles. The first-order valence-electron chi connectivity index (χ1n) is 11.8. The van der Waals surface area contributed by atoms with Gasteiger partial charge in [0.1, 0.15) is 0 Å². The van der Waals surface area contributed by atoms with E-state index in [1.807, 2.05) is 0 Å². The Morgan fingerprint density at radius 3 is 0.655 bits per heavy atom. The Balaban J connectivity index is 0.000000477. The van der Waals surface area contributed by atoms with E-state index in [1.165, 1.54) is 0 Å². The molecule has 0 spiro atoms. The van der Waals surface area contributed by atoms with Crippen LogP contribution in [0.1, 0.15) is 38.5 Å². The van der Waals surface area contributed by atoms with Gasteiger partial charge in [0.25, 0.3) is 0 Å². The van der Waals surface area contributed by atoms with Gasteiger partial charge in [0.2, 0.25) is 0 Å². The molecule has 29 heavy (non-hydrogen) atoms. The molecule has 0 heterocycles. The molecule has 0 aromatic rings. The third kappa shape index (κ3) is 12.4. The van der Waals surface area contributed by atoms with Gasteiger partial charge in [0.05, 0.1) is 0 Å². The van der Waals surface area contributed by atoms with Crippen LogP contribution in [-0.2, 0) is 20.8 Å². The van der Waals surface area contributed by atoms with E-state index in [0.29, 0.717) is 0 Å². The van der Waals surface area contributed by atoms with Crippen molar-refractivity contribution in [3.63, 3.8) is 0 Å². The second-order valence-corrected chi connectivity index (χ2v) is 39.9. The van der Waals surface area contributed by atoms with Crippen LogP contribution in [0.15, 0.2) is 0 Å². The van der Waals surface area contributed by atoms with E-state index in [2.05, 4.69) is 78.6 Å². The molecule has 0 amide bonds. The summed E-state index contributed by atoms with van der Waals surface area (Å²) in [6, 6.07) is 0. The first kappa shape index (κ1) is 31.3. The number of hydrogen-bond donors (Lipinski definition) is 0. The maximum atomic E-state index is 4.93. The van der Waals surface area contributed by atoms with Crippen molar-refractivity contribution < 1.29 is 20.8 Å². The Morgan fingerprint density at radius 2 is 0.586 bits per heavy atom. The van der Waals surface area contributed by atoms with Crippen molar-refractivity contribution >= 4 is 49.3 Å². The summed E-state index contributed by atoms with van der Waals surface area (Å²) in [5.74, 6) is 0. The van der Waals surface area contributed by atoms with Crippen molar-refractivity contribution in [1.82, 2.24) is 0 Å². The summed E-state index contributed by atoms with van der Waals surface area (Å²) in [5, 5.41) is 0. The molecule has 0 aromatic carbocycles. The topological polar surface area (TPSA) is 0 Å². The van der Waals surface area contributed by atoms with Gasteiger partial charge in [-0.05, 0) is 22.2 Å². The average Bonchev–Trinajstić information content (AvgIpc) is 3.16. The molecular formula is C22H52Cl2Si4Zr. The molecule has 0 aliphatic heterocycles. The summed E-state index contributed by atoms with van der Waals surface area (Å²) in [6.45, 7) is 30.6. The quantitative estimate of drug-likeness (QED) is 0.286. The molecule has 0 aromatic heterocycles. The number of halogens is 2. The van der Waals surface area contributed by atoms with Gasteiger partial charge in [0, 0.05) is 32.3 Å². The molecule has 2 rings (SSSR count). The molecule has 4 atom stereocenters. The van der Waals surface area contributed by atoms with Crippen molar-refractivity contribution in [3.8, 4) is 0 Å². The fourth-order valence-corrected chi connectivity index (χ4v) is 13.7. The molecule has 2 saturated carbocycles. The van der Waals surface area contributed by atoms with Crippen LogP contribution in [-0.4, -0.2) is 32.3 Å². The first-order chi connectivity index (χ1) is 12.8. The average molecular weight is 591 g/mol. The van der Waals surface area contributed by atoms with Crippen molar-refractivity contribution in [3.05, 3.63) is 0 Å². The predicted octanol–water partition coefficient (Wildman–Crippen LogP) is 10.6. The standard InChI is InChI=1S/2C11H26Si2.2ClH.Zr/c2*1-12(2,3)10-7-8-11(9-10)13(4,5)6;;;/h2*10-11H,7-9H2,1-6H3;2*1H;/q;;;;+2/p-2. The van der Waals surface area contributed by atoms with Gasteiger partial charge in [-0.1, -0.05) is 117 Å². The van der Waals surface area contributed by atoms with Crippen LogP contribution in [0.4, 0.5) is 0 Å². The Hall–Kier alpha value is 2.33. The summed E-state index contributed by atoms with van der Waals surface area (Å²) in [5.41, 5.74) is 4.52. The zero-order valence-corrected chi connectivity index (χ0v) is 29.8. The molecule has 4 unspecified atom stereocenters. The molecule has 2 fully saturated rings. The summed E-state index contributed by atoms with van der Waals surface area (Å²) in [7, 11) is 6.58. The molecule has 0 bridgehead atoms. The number of hydrogen-bond acceptors (Lipinski definition) is 0. The zero-order valence-electron chi connectivity index (χ0n) is 21.8. The molecule has 0 radical (unpaired) electrons. The van der Waals surface area contributed by atoms with Gasteiger partial charge < -0.3 is 0 Å². The molecule has 2 aliphatic carbocycles. The fraction of sp³-hybridized carbons (Fsp3) is 1.00. The van der Waals surface area contributed by atoms with Gasteiger partial charge >= 0.3 is 37.9 Å². The van der Waals surface area contributed by atoms with E-state index >= 15 is 0 Å². The van der Waals surface area contributed by atoms with Crippen LogP contribution in [0.5, 0.6) is 0 Å². The Kier molecular flexibility index (Phi) is 13.7. The molecular weight excluding hydrogens is 539 g/mol. The van der Waals surface area contributed by atoms with E-state index < -0.39 is 53.1 Å². The summed E-state index contributed by atoms with van der Waals surface area (Å²) < 4.78 is 0. The van der Waals surface area contributed by atoms with Gasteiger partial charge in [0.15, 0.2) is 0 Å². The minimum atomic E-state index is -0.826. The van der Waals surface area contributed by atoms with E-state index in [0.717, 1.165) is 22.2 Å². The third-order valence-corrected chi connectivity index (χ3v) is 19.7. The van der Waals surface area contributed by atoms with Crippen LogP contribution < -0.4 is 0 Å². The van der Waals surface area contributed by atoms with Crippen molar-refractivity contribution in [2.45, 2.75) is 139 Å². The van der Waals surface area contributed by atoms with E-state index in [4.69, 9.17) is 17.0 Å². The van der Waals surface area contributed by atoms with Crippen molar-refractivity contribution in [2.75, 3.05) is 0 Å². The summed E-state index contributed by atoms with van der Waals surface area (Å²) in [6.07, 6.45) is 9.33. The van der Waals surface area contributed by atoms with Crippen LogP contribution in [0.25, 0.3) is 0 Å². The second-order valence-electron chi connectivity index (χ2n) is 13.9. The van der Waals surface area contributed by atoms with Crippen LogP contribution in [0, 0.1) is 0 Å². The SMILES string of the molecule is C[Si](C)(C)C1CCC([Si](C)(C)C)C1.C[Si](C)(C)C1CCC([Si](C)(C)C)C1.[Cl][Zr][Cl]. The van der Waals surface area contributed by atoms with E-state index in [-0.39, 0.29) is 0 Å². The Labute approximate surface area is 207 Å². The van der Waals surface area contributed by atoms with Crippen LogP contribution >= 0.6 is 17.0 Å². The van der Waals surface area contributed by atoms with Gasteiger partial charge in [-0.25, -0.2) is 0 Å². The molecule has 174 valence electrons. The predicted molar refractivity (Wildman–Crippen MR) is 148 cm³/mol.